The van der Waals surface area contributed by atoms with Gasteiger partial charge in [-0.25, -0.2) is 0 Å². The van der Waals surface area contributed by atoms with Crippen molar-refractivity contribution < 1.29 is 24.4 Å². The van der Waals surface area contributed by atoms with E-state index >= 15 is 0 Å². The second-order valence-corrected chi connectivity index (χ2v) is 17.1. The van der Waals surface area contributed by atoms with Crippen molar-refractivity contribution in [2.24, 2.45) is 0 Å². The molecule has 0 N–H and O–H groups in total. The fraction of sp³-hybridized carbons (Fsp3) is 0. The maximum absolute atomic E-state index is 7.50. The SMILES string of the molecule is C(=C\[PH+](c1ccccc1)c1ccccc1)/c1ccccc1.C(=C\[PH+](c1ccccc1)c1ccccc1)/c1ccccc1.[C-]#[O+].[C-]#[O+].[Cl][Ru][Cl]. The van der Waals surface area contributed by atoms with Gasteiger partial charge in [-0.2, -0.15) is 0 Å². The Hall–Kier alpha value is -3.66. The molecule has 0 aliphatic carbocycles. The summed E-state index contributed by atoms with van der Waals surface area (Å²) in [5.74, 6) is 4.76. The first-order valence-corrected chi connectivity index (χ1v) is 22.6. The van der Waals surface area contributed by atoms with Gasteiger partial charge in [0, 0.05) is 0 Å². The normalized spacial score (nSPS) is 10.0. The molecule has 6 aromatic rings. The zero-order valence-electron chi connectivity index (χ0n) is 26.6. The molecule has 6 aromatic carbocycles. The van der Waals surface area contributed by atoms with Crippen molar-refractivity contribution >= 4 is 68.6 Å². The van der Waals surface area contributed by atoms with Crippen molar-refractivity contribution in [1.29, 1.82) is 0 Å². The van der Waals surface area contributed by atoms with E-state index in [1.807, 2.05) is 0 Å². The molecule has 0 heterocycles. The number of hydrogen-bond acceptors (Lipinski definition) is 0. The summed E-state index contributed by atoms with van der Waals surface area (Å²) in [6.07, 6.45) is 4.49. The van der Waals surface area contributed by atoms with Crippen molar-refractivity contribution in [3.05, 3.63) is 218 Å². The minimum atomic E-state index is -0.878. The van der Waals surface area contributed by atoms with Crippen LogP contribution in [0.3, 0.4) is 0 Å². The van der Waals surface area contributed by atoms with E-state index in [2.05, 4.69) is 219 Å². The van der Waals surface area contributed by atoms with Gasteiger partial charge < -0.3 is 0 Å². The van der Waals surface area contributed by atoms with E-state index in [1.165, 1.54) is 32.3 Å². The topological polar surface area (TPSA) is 39.8 Å². The quantitative estimate of drug-likeness (QED) is 0.0636. The van der Waals surface area contributed by atoms with Gasteiger partial charge in [0.1, 0.15) is 21.2 Å². The van der Waals surface area contributed by atoms with E-state index in [0.717, 1.165) is 0 Å². The molecule has 0 saturated heterocycles. The standard InChI is InChI=1S/2C20H17P.2CO.2ClH.Ru/c2*1-4-10-18(11-5-1)16-17-21(19-12-6-2-7-13-19)20-14-8-3-9-15-20;2*1-2;;;/h2*1-17H;;;2*1H;/q;;;;;;+2/b2*17-16+;;;;;. The number of rotatable bonds is 8. The number of benzene rings is 6. The van der Waals surface area contributed by atoms with Gasteiger partial charge >= 0.3 is 57.1 Å². The van der Waals surface area contributed by atoms with Gasteiger partial charge in [-0.15, -0.1) is 0 Å². The van der Waals surface area contributed by atoms with Crippen molar-refractivity contribution in [2.75, 3.05) is 0 Å². The fourth-order valence-electron chi connectivity index (χ4n) is 4.68. The van der Waals surface area contributed by atoms with Gasteiger partial charge in [0.05, 0.1) is 27.5 Å². The van der Waals surface area contributed by atoms with Gasteiger partial charge in [-0.1, -0.05) is 133 Å². The summed E-state index contributed by atoms with van der Waals surface area (Å²) in [7, 11) is 7.95. The third-order valence-electron chi connectivity index (χ3n) is 6.82. The molecule has 0 aliphatic heterocycles. The zero-order valence-corrected chi connectivity index (χ0v) is 31.8. The molecule has 0 aliphatic rings. The van der Waals surface area contributed by atoms with Gasteiger partial charge in [0.15, 0.2) is 0 Å². The molecule has 6 rings (SSSR count). The molecule has 2 nitrogen and oxygen atoms in total. The molecule has 0 radical (unpaired) electrons. The van der Waals surface area contributed by atoms with Gasteiger partial charge in [-0.05, 0) is 71.8 Å². The van der Waals surface area contributed by atoms with Crippen LogP contribution in [0.15, 0.2) is 194 Å². The van der Waals surface area contributed by atoms with Gasteiger partial charge in [-0.3, -0.25) is 0 Å². The van der Waals surface area contributed by atoms with E-state index in [9.17, 15) is 0 Å². The Labute approximate surface area is 309 Å². The van der Waals surface area contributed by atoms with E-state index < -0.39 is 15.8 Å². The summed E-state index contributed by atoms with van der Waals surface area (Å²) in [5, 5.41) is 5.67. The van der Waals surface area contributed by atoms with Crippen molar-refractivity contribution in [2.45, 2.75) is 0 Å². The van der Waals surface area contributed by atoms with Crippen LogP contribution in [0.4, 0.5) is 0 Å². The van der Waals surface area contributed by atoms with Crippen LogP contribution in [0.1, 0.15) is 11.1 Å². The Bertz CT molecular complexity index is 1560. The van der Waals surface area contributed by atoms with Crippen LogP contribution in [0.5, 0.6) is 0 Å². The molecule has 0 atom stereocenters. The van der Waals surface area contributed by atoms with Crippen LogP contribution in [0.2, 0.25) is 0 Å². The maximum atomic E-state index is 7.50. The predicted octanol–water partition coefficient (Wildman–Crippen LogP) is 10.3. The van der Waals surface area contributed by atoms with Crippen LogP contribution in [-0.2, 0) is 24.4 Å². The van der Waals surface area contributed by atoms with Crippen molar-refractivity contribution in [3.8, 4) is 0 Å². The summed E-state index contributed by atoms with van der Waals surface area (Å²) in [4.78, 5) is 0. The second kappa shape index (κ2) is 27.2. The Morgan fingerprint density at radius 1 is 0.367 bits per heavy atom. The fourth-order valence-corrected chi connectivity index (χ4v) is 9.04. The molecule has 246 valence electrons. The van der Waals surface area contributed by atoms with Crippen LogP contribution in [-0.4, -0.2) is 0 Å². The van der Waals surface area contributed by atoms with E-state index in [1.54, 1.807) is 0 Å². The summed E-state index contributed by atoms with van der Waals surface area (Å²) < 4.78 is 15.0. The van der Waals surface area contributed by atoms with Crippen LogP contribution in [0, 0.1) is 13.3 Å². The third kappa shape index (κ3) is 16.1. The molecule has 0 saturated carbocycles. The summed E-state index contributed by atoms with van der Waals surface area (Å²) >= 11 is -0.346. The Morgan fingerprint density at radius 3 is 0.755 bits per heavy atom. The van der Waals surface area contributed by atoms with Crippen LogP contribution in [0.25, 0.3) is 12.2 Å². The molecule has 0 amide bonds. The van der Waals surface area contributed by atoms with E-state index in [4.69, 9.17) is 28.7 Å². The van der Waals surface area contributed by atoms with E-state index in [0.29, 0.717) is 0 Å². The summed E-state index contributed by atoms with van der Waals surface area (Å²) in [5.41, 5.74) is 2.51. The molecule has 7 heteroatoms. The first-order chi connectivity index (χ1) is 24.3. The van der Waals surface area contributed by atoms with E-state index in [-0.39, 0.29) is 15.1 Å². The molecular weight excluding hydrogens is 770 g/mol. The molecular formula is C42H36Cl2O2P2Ru+2. The first-order valence-electron chi connectivity index (χ1n) is 15.0. The van der Waals surface area contributed by atoms with Crippen LogP contribution >= 0.6 is 35.2 Å². The average Bonchev–Trinajstić information content (AvgIpc) is 3.20. The number of hydrogen-bond donors (Lipinski definition) is 0. The van der Waals surface area contributed by atoms with Crippen LogP contribution < -0.4 is 21.2 Å². The molecule has 0 bridgehead atoms. The Morgan fingerprint density at radius 2 is 0.551 bits per heavy atom. The Kier molecular flexibility index (Phi) is 23.0. The Balaban J connectivity index is 0.000000288. The second-order valence-electron chi connectivity index (χ2n) is 9.83. The predicted molar refractivity (Wildman–Crippen MR) is 211 cm³/mol. The molecule has 49 heavy (non-hydrogen) atoms. The summed E-state index contributed by atoms with van der Waals surface area (Å²) in [6.45, 7) is 9.00. The van der Waals surface area contributed by atoms with Gasteiger partial charge in [0.2, 0.25) is 0 Å². The minimum absolute atomic E-state index is 0.346. The van der Waals surface area contributed by atoms with Gasteiger partial charge in [0.25, 0.3) is 0 Å². The van der Waals surface area contributed by atoms with Crippen molar-refractivity contribution in [1.82, 2.24) is 0 Å². The monoisotopic (exact) mass is 806 g/mol. The third-order valence-corrected chi connectivity index (χ3v) is 11.6. The first kappa shape index (κ1) is 41.5. The molecule has 0 aromatic heterocycles. The average molecular weight is 807 g/mol. The number of halogens is 2. The molecule has 0 spiro atoms. The molecule has 0 fully saturated rings. The zero-order chi connectivity index (χ0) is 35.4. The van der Waals surface area contributed by atoms with Crippen molar-refractivity contribution in [3.63, 3.8) is 0 Å². The summed E-state index contributed by atoms with van der Waals surface area (Å²) in [6, 6.07) is 64.2. The molecule has 0 unspecified atom stereocenters.